The fraction of sp³-hybridized carbons (Fsp3) is 0.667. The van der Waals surface area contributed by atoms with Crippen LogP contribution in [0, 0.1) is 11.8 Å². The molecule has 7 nitrogen and oxygen atoms in total. The Hall–Kier alpha value is -2.49. The number of hydrogen-bond donors (Lipinski definition) is 0. The normalized spacial score (nSPS) is 18.1. The summed E-state index contributed by atoms with van der Waals surface area (Å²) in [5.74, 6) is 6.82. The van der Waals surface area contributed by atoms with Crippen molar-refractivity contribution in [3.05, 3.63) is 10.4 Å². The number of hydrogen-bond acceptors (Lipinski definition) is 5. The lowest BCUT2D eigenvalue weighted by Crippen LogP contribution is -2.32. The van der Waals surface area contributed by atoms with Gasteiger partial charge < -0.3 is 9.64 Å². The highest BCUT2D eigenvalue weighted by molar-refractivity contribution is 5.74. The molecule has 28 heavy (non-hydrogen) atoms. The highest BCUT2D eigenvalue weighted by Gasteiger charge is 2.24. The second-order valence-electron chi connectivity index (χ2n) is 7.78. The molecule has 0 N–H and O–H groups in total. The first-order valence-electron chi connectivity index (χ1n) is 10.5. The minimum absolute atomic E-state index is 0.121. The maximum absolute atomic E-state index is 13.2. The van der Waals surface area contributed by atoms with Crippen molar-refractivity contribution in [3.63, 3.8) is 0 Å². The Morgan fingerprint density at radius 2 is 1.79 bits per heavy atom. The molecule has 150 valence electrons. The Balaban J connectivity index is 1.77. The molecule has 7 heteroatoms. The van der Waals surface area contributed by atoms with Gasteiger partial charge >= 0.3 is 6.01 Å². The van der Waals surface area contributed by atoms with Gasteiger partial charge in [-0.05, 0) is 51.9 Å². The number of nitrogens with zero attached hydrogens (tertiary/aromatic N) is 5. The molecule has 2 aromatic rings. The van der Waals surface area contributed by atoms with Crippen LogP contribution in [-0.4, -0.2) is 38.3 Å². The Kier molecular flexibility index (Phi) is 5.56. The first-order chi connectivity index (χ1) is 13.7. The van der Waals surface area contributed by atoms with Crippen molar-refractivity contribution in [2.75, 3.05) is 18.0 Å². The van der Waals surface area contributed by atoms with E-state index in [2.05, 4.69) is 21.7 Å². The molecule has 3 heterocycles. The highest BCUT2D eigenvalue weighted by atomic mass is 16.5. The van der Waals surface area contributed by atoms with Crippen LogP contribution in [0.3, 0.4) is 0 Å². The first-order valence-corrected chi connectivity index (χ1v) is 10.5. The number of fused-ring (bicyclic) bond motifs is 1. The Bertz CT molecular complexity index is 953. The SMILES string of the molecule is CC#CCn1c(N2CCCCC2)nc2nc(OC3CCCCC3)n(C)c(=O)c21. The maximum atomic E-state index is 13.2. The maximum Gasteiger partial charge on any atom is 0.301 e. The summed E-state index contributed by atoms with van der Waals surface area (Å²) >= 11 is 0. The molecule has 2 aromatic heterocycles. The van der Waals surface area contributed by atoms with Crippen LogP contribution in [0.25, 0.3) is 11.2 Å². The largest absolute Gasteiger partial charge is 0.461 e. The van der Waals surface area contributed by atoms with E-state index in [9.17, 15) is 4.79 Å². The zero-order chi connectivity index (χ0) is 19.5. The van der Waals surface area contributed by atoms with Gasteiger partial charge in [-0.3, -0.25) is 13.9 Å². The monoisotopic (exact) mass is 383 g/mol. The first kappa shape index (κ1) is 18.9. The lowest BCUT2D eigenvalue weighted by atomic mass is 9.98. The van der Waals surface area contributed by atoms with Crippen molar-refractivity contribution in [1.82, 2.24) is 19.1 Å². The molecule has 0 bridgehead atoms. The molecule has 2 fully saturated rings. The van der Waals surface area contributed by atoms with E-state index in [0.717, 1.165) is 44.7 Å². The summed E-state index contributed by atoms with van der Waals surface area (Å²) in [7, 11) is 1.73. The van der Waals surface area contributed by atoms with Gasteiger partial charge in [-0.2, -0.15) is 9.97 Å². The minimum atomic E-state index is -0.121. The molecule has 1 saturated carbocycles. The molecular formula is C21H29N5O2. The molecule has 0 atom stereocenters. The van der Waals surface area contributed by atoms with Gasteiger partial charge in [0.25, 0.3) is 5.56 Å². The van der Waals surface area contributed by atoms with E-state index < -0.39 is 0 Å². The zero-order valence-electron chi connectivity index (χ0n) is 16.9. The summed E-state index contributed by atoms with van der Waals surface area (Å²) in [6, 6.07) is 0.376. The predicted molar refractivity (Wildman–Crippen MR) is 110 cm³/mol. The van der Waals surface area contributed by atoms with E-state index in [1.54, 1.807) is 7.05 Å². The number of piperidine rings is 1. The Morgan fingerprint density at radius 1 is 1.07 bits per heavy atom. The van der Waals surface area contributed by atoms with Crippen LogP contribution in [0.5, 0.6) is 6.01 Å². The van der Waals surface area contributed by atoms with Crippen LogP contribution < -0.4 is 15.2 Å². The molecule has 0 radical (unpaired) electrons. The fourth-order valence-electron chi connectivity index (χ4n) is 4.21. The molecular weight excluding hydrogens is 354 g/mol. The second kappa shape index (κ2) is 8.26. The number of imidazole rings is 1. The van der Waals surface area contributed by atoms with E-state index in [1.165, 1.54) is 30.3 Å². The average Bonchev–Trinajstić information content (AvgIpc) is 3.10. The molecule has 4 rings (SSSR count). The Labute approximate surface area is 165 Å². The highest BCUT2D eigenvalue weighted by Crippen LogP contribution is 2.25. The van der Waals surface area contributed by atoms with E-state index in [0.29, 0.717) is 23.7 Å². The van der Waals surface area contributed by atoms with Crippen LogP contribution in [0.4, 0.5) is 5.95 Å². The summed E-state index contributed by atoms with van der Waals surface area (Å²) < 4.78 is 9.56. The standard InChI is InChI=1S/C21H29N5O2/c1-3-4-15-26-17-18(22-20(26)25-13-9-6-10-14-25)23-21(24(2)19(17)27)28-16-11-7-5-8-12-16/h16H,5-15H2,1-2H3. The minimum Gasteiger partial charge on any atom is -0.461 e. The van der Waals surface area contributed by atoms with Crippen molar-refractivity contribution >= 4 is 17.1 Å². The number of anilines is 1. The van der Waals surface area contributed by atoms with Gasteiger partial charge in [0.05, 0.1) is 6.54 Å². The van der Waals surface area contributed by atoms with Gasteiger partial charge in [0, 0.05) is 20.1 Å². The zero-order valence-corrected chi connectivity index (χ0v) is 16.9. The van der Waals surface area contributed by atoms with Gasteiger partial charge in [0.15, 0.2) is 11.2 Å². The van der Waals surface area contributed by atoms with Crippen LogP contribution in [0.15, 0.2) is 4.79 Å². The quantitative estimate of drug-likeness (QED) is 0.760. The average molecular weight is 383 g/mol. The van der Waals surface area contributed by atoms with E-state index in [4.69, 9.17) is 9.72 Å². The van der Waals surface area contributed by atoms with E-state index >= 15 is 0 Å². The van der Waals surface area contributed by atoms with Crippen molar-refractivity contribution in [2.45, 2.75) is 70.9 Å². The predicted octanol–water partition coefficient (Wildman–Crippen LogP) is 2.86. The Morgan fingerprint density at radius 3 is 2.50 bits per heavy atom. The molecule has 0 unspecified atom stereocenters. The van der Waals surface area contributed by atoms with Crippen LogP contribution in [-0.2, 0) is 13.6 Å². The molecule has 1 aliphatic heterocycles. The molecule has 0 amide bonds. The fourth-order valence-corrected chi connectivity index (χ4v) is 4.21. The smallest absolute Gasteiger partial charge is 0.301 e. The third-order valence-corrected chi connectivity index (χ3v) is 5.80. The van der Waals surface area contributed by atoms with Crippen molar-refractivity contribution in [1.29, 1.82) is 0 Å². The van der Waals surface area contributed by atoms with Crippen LogP contribution in [0.2, 0.25) is 0 Å². The van der Waals surface area contributed by atoms with Crippen LogP contribution in [0.1, 0.15) is 58.3 Å². The molecule has 0 spiro atoms. The van der Waals surface area contributed by atoms with Gasteiger partial charge in [0.2, 0.25) is 5.95 Å². The molecule has 0 aromatic carbocycles. The van der Waals surface area contributed by atoms with Crippen molar-refractivity contribution < 1.29 is 4.74 Å². The summed E-state index contributed by atoms with van der Waals surface area (Å²) in [5, 5.41) is 0. The summed E-state index contributed by atoms with van der Waals surface area (Å²) in [6.07, 6.45) is 9.31. The third kappa shape index (κ3) is 3.60. The second-order valence-corrected chi connectivity index (χ2v) is 7.78. The molecule has 1 saturated heterocycles. The summed E-state index contributed by atoms with van der Waals surface area (Å²) in [6.45, 7) is 4.16. The number of ether oxygens (including phenoxy) is 1. The number of aromatic nitrogens is 4. The van der Waals surface area contributed by atoms with Crippen molar-refractivity contribution in [2.24, 2.45) is 7.05 Å². The third-order valence-electron chi connectivity index (χ3n) is 5.80. The van der Waals surface area contributed by atoms with Crippen LogP contribution >= 0.6 is 0 Å². The summed E-state index contributed by atoms with van der Waals surface area (Å²) in [5.41, 5.74) is 0.860. The topological polar surface area (TPSA) is 65.2 Å². The van der Waals surface area contributed by atoms with Gasteiger partial charge in [0.1, 0.15) is 6.10 Å². The van der Waals surface area contributed by atoms with Gasteiger partial charge in [-0.25, -0.2) is 0 Å². The van der Waals surface area contributed by atoms with E-state index in [-0.39, 0.29) is 11.7 Å². The summed E-state index contributed by atoms with van der Waals surface area (Å²) in [4.78, 5) is 24.8. The molecule has 2 aliphatic rings. The molecule has 1 aliphatic carbocycles. The lowest BCUT2D eigenvalue weighted by Gasteiger charge is -2.27. The van der Waals surface area contributed by atoms with Gasteiger partial charge in [-0.1, -0.05) is 12.3 Å². The van der Waals surface area contributed by atoms with Crippen molar-refractivity contribution in [3.8, 4) is 17.9 Å². The number of rotatable bonds is 4. The van der Waals surface area contributed by atoms with Gasteiger partial charge in [-0.15, -0.1) is 5.92 Å². The van der Waals surface area contributed by atoms with E-state index in [1.807, 2.05) is 11.5 Å². The lowest BCUT2D eigenvalue weighted by molar-refractivity contribution is 0.135.